The number of nitrogens with zero attached hydrogens (tertiary/aromatic N) is 1. The molecule has 4 heteroatoms. The average Bonchev–Trinajstić information content (AvgIpc) is 2.39. The first-order valence-electron chi connectivity index (χ1n) is 6.42. The van der Waals surface area contributed by atoms with E-state index in [2.05, 4.69) is 5.32 Å². The number of rotatable bonds is 3. The smallest absolute Gasteiger partial charge is 0.268 e. The third kappa shape index (κ3) is 3.22. The molecule has 2 amide bonds. The molecular weight excluding hydrogens is 240 g/mol. The van der Waals surface area contributed by atoms with E-state index < -0.39 is 0 Å². The molecule has 100 valence electrons. The van der Waals surface area contributed by atoms with Gasteiger partial charge in [-0.15, -0.1) is 0 Å². The van der Waals surface area contributed by atoms with E-state index in [1.807, 2.05) is 50.3 Å². The molecule has 0 aromatic heterocycles. The lowest BCUT2D eigenvalue weighted by Gasteiger charge is -2.29. The molecule has 0 radical (unpaired) electrons. The molecule has 0 bridgehead atoms. The first kappa shape index (κ1) is 13.3. The summed E-state index contributed by atoms with van der Waals surface area (Å²) in [6.45, 7) is 4.48. The van der Waals surface area contributed by atoms with E-state index in [0.29, 0.717) is 12.2 Å². The molecular formula is C15H18N2O2. The molecule has 19 heavy (non-hydrogen) atoms. The van der Waals surface area contributed by atoms with E-state index in [-0.39, 0.29) is 24.3 Å². The third-order valence-corrected chi connectivity index (χ3v) is 2.90. The molecule has 0 saturated carbocycles. The molecule has 0 unspecified atom stereocenters. The van der Waals surface area contributed by atoms with E-state index >= 15 is 0 Å². The van der Waals surface area contributed by atoms with Crippen molar-refractivity contribution in [2.24, 2.45) is 5.92 Å². The van der Waals surface area contributed by atoms with E-state index in [4.69, 9.17) is 0 Å². The summed E-state index contributed by atoms with van der Waals surface area (Å²) in [4.78, 5) is 25.5. The SMILES string of the molecule is CC(C)C=C1C(=O)NCC(=O)N1Cc1ccccc1. The van der Waals surface area contributed by atoms with Crippen LogP contribution in [-0.4, -0.2) is 23.3 Å². The lowest BCUT2D eigenvalue weighted by atomic mass is 10.1. The van der Waals surface area contributed by atoms with Crippen LogP contribution in [0, 0.1) is 5.92 Å². The fourth-order valence-electron chi connectivity index (χ4n) is 2.02. The van der Waals surface area contributed by atoms with Crippen molar-refractivity contribution in [1.82, 2.24) is 10.2 Å². The van der Waals surface area contributed by atoms with Gasteiger partial charge in [-0.2, -0.15) is 0 Å². The summed E-state index contributed by atoms with van der Waals surface area (Å²) in [7, 11) is 0. The normalized spacial score (nSPS) is 18.1. The van der Waals surface area contributed by atoms with Crippen LogP contribution in [0.3, 0.4) is 0 Å². The van der Waals surface area contributed by atoms with Crippen LogP contribution in [0.15, 0.2) is 42.1 Å². The van der Waals surface area contributed by atoms with Gasteiger partial charge in [0.2, 0.25) is 5.91 Å². The second-order valence-electron chi connectivity index (χ2n) is 4.94. The first-order chi connectivity index (χ1) is 9.08. The highest BCUT2D eigenvalue weighted by Crippen LogP contribution is 2.16. The third-order valence-electron chi connectivity index (χ3n) is 2.90. The minimum absolute atomic E-state index is 0.0705. The molecule has 1 aliphatic rings. The molecule has 1 aromatic carbocycles. The summed E-state index contributed by atoms with van der Waals surface area (Å²) < 4.78 is 0. The van der Waals surface area contributed by atoms with Crippen molar-refractivity contribution in [3.8, 4) is 0 Å². The number of benzene rings is 1. The lowest BCUT2D eigenvalue weighted by molar-refractivity contribution is -0.137. The number of carbonyl (C=O) groups excluding carboxylic acids is 2. The second kappa shape index (κ2) is 5.69. The zero-order valence-electron chi connectivity index (χ0n) is 11.2. The van der Waals surface area contributed by atoms with Crippen LogP contribution in [0.2, 0.25) is 0 Å². The summed E-state index contributed by atoms with van der Waals surface area (Å²) in [6, 6.07) is 9.68. The average molecular weight is 258 g/mol. The Hall–Kier alpha value is -2.10. The minimum atomic E-state index is -0.177. The minimum Gasteiger partial charge on any atom is -0.342 e. The lowest BCUT2D eigenvalue weighted by Crippen LogP contribution is -2.49. The van der Waals surface area contributed by atoms with Crippen molar-refractivity contribution in [3.05, 3.63) is 47.7 Å². The number of amides is 2. The molecule has 1 aromatic rings. The van der Waals surface area contributed by atoms with Crippen molar-refractivity contribution in [2.45, 2.75) is 20.4 Å². The van der Waals surface area contributed by atoms with Crippen molar-refractivity contribution in [1.29, 1.82) is 0 Å². The van der Waals surface area contributed by atoms with Gasteiger partial charge in [0.05, 0.1) is 13.1 Å². The van der Waals surface area contributed by atoms with Crippen LogP contribution >= 0.6 is 0 Å². The molecule has 0 aliphatic carbocycles. The second-order valence-corrected chi connectivity index (χ2v) is 4.94. The number of hydrogen-bond acceptors (Lipinski definition) is 2. The van der Waals surface area contributed by atoms with Crippen molar-refractivity contribution in [2.75, 3.05) is 6.54 Å². The molecule has 0 spiro atoms. The van der Waals surface area contributed by atoms with Crippen molar-refractivity contribution < 1.29 is 9.59 Å². The molecule has 1 N–H and O–H groups in total. The highest BCUT2D eigenvalue weighted by molar-refractivity contribution is 6.02. The Bertz CT molecular complexity index is 506. The van der Waals surface area contributed by atoms with Gasteiger partial charge in [0.25, 0.3) is 5.91 Å². The quantitative estimate of drug-likeness (QED) is 0.839. The van der Waals surface area contributed by atoms with Gasteiger partial charge < -0.3 is 10.2 Å². The Labute approximate surface area is 113 Å². The highest BCUT2D eigenvalue weighted by atomic mass is 16.2. The van der Waals surface area contributed by atoms with Crippen LogP contribution in [0.4, 0.5) is 0 Å². The predicted molar refractivity (Wildman–Crippen MR) is 72.9 cm³/mol. The molecule has 1 aliphatic heterocycles. The van der Waals surface area contributed by atoms with E-state index in [1.54, 1.807) is 4.90 Å². The monoisotopic (exact) mass is 258 g/mol. The van der Waals surface area contributed by atoms with Crippen LogP contribution < -0.4 is 5.32 Å². The summed E-state index contributed by atoms with van der Waals surface area (Å²) in [5.41, 5.74) is 1.47. The van der Waals surface area contributed by atoms with Gasteiger partial charge in [0, 0.05) is 0 Å². The number of hydrogen-bond donors (Lipinski definition) is 1. The number of carbonyl (C=O) groups is 2. The predicted octanol–water partition coefficient (Wildman–Crippen LogP) is 1.68. The summed E-state index contributed by atoms with van der Waals surface area (Å²) in [6.07, 6.45) is 1.83. The summed E-state index contributed by atoms with van der Waals surface area (Å²) in [5.74, 6) is -0.0375. The van der Waals surface area contributed by atoms with Crippen molar-refractivity contribution >= 4 is 11.8 Å². The molecule has 0 atom stereocenters. The number of allylic oxidation sites excluding steroid dienone is 1. The fourth-order valence-corrected chi connectivity index (χ4v) is 2.02. The van der Waals surface area contributed by atoms with Gasteiger partial charge in [-0.1, -0.05) is 50.3 Å². The Morgan fingerprint density at radius 3 is 2.58 bits per heavy atom. The number of piperazine rings is 1. The fraction of sp³-hybridized carbons (Fsp3) is 0.333. The number of nitrogens with one attached hydrogen (secondary N) is 1. The van der Waals surface area contributed by atoms with Crippen LogP contribution in [-0.2, 0) is 16.1 Å². The topological polar surface area (TPSA) is 49.4 Å². The van der Waals surface area contributed by atoms with Gasteiger partial charge in [-0.25, -0.2) is 0 Å². The zero-order valence-corrected chi connectivity index (χ0v) is 11.2. The Kier molecular flexibility index (Phi) is 4.00. The maximum Gasteiger partial charge on any atom is 0.268 e. The Balaban J connectivity index is 2.27. The molecule has 1 heterocycles. The van der Waals surface area contributed by atoms with Gasteiger partial charge in [0.1, 0.15) is 5.70 Å². The summed E-state index contributed by atoms with van der Waals surface area (Å²) >= 11 is 0. The molecule has 4 nitrogen and oxygen atoms in total. The molecule has 1 fully saturated rings. The van der Waals surface area contributed by atoms with E-state index in [9.17, 15) is 9.59 Å². The summed E-state index contributed by atoms with van der Waals surface area (Å²) in [5, 5.41) is 2.60. The van der Waals surface area contributed by atoms with E-state index in [1.165, 1.54) is 0 Å². The van der Waals surface area contributed by atoms with Gasteiger partial charge in [-0.05, 0) is 11.5 Å². The standard InChI is InChI=1S/C15H18N2O2/c1-11(2)8-13-15(19)16-9-14(18)17(13)10-12-6-4-3-5-7-12/h3-8,11H,9-10H2,1-2H3,(H,16,19). The van der Waals surface area contributed by atoms with Gasteiger partial charge in [0.15, 0.2) is 0 Å². The largest absolute Gasteiger partial charge is 0.342 e. The first-order valence-corrected chi connectivity index (χ1v) is 6.42. The maximum atomic E-state index is 12.0. The van der Waals surface area contributed by atoms with Crippen LogP contribution in [0.1, 0.15) is 19.4 Å². The van der Waals surface area contributed by atoms with E-state index in [0.717, 1.165) is 5.56 Å². The zero-order chi connectivity index (χ0) is 13.8. The van der Waals surface area contributed by atoms with Crippen LogP contribution in [0.5, 0.6) is 0 Å². The van der Waals surface area contributed by atoms with Gasteiger partial charge >= 0.3 is 0 Å². The molecule has 2 rings (SSSR count). The molecule has 1 saturated heterocycles. The maximum absolute atomic E-state index is 12.0. The highest BCUT2D eigenvalue weighted by Gasteiger charge is 2.28. The Morgan fingerprint density at radius 2 is 1.95 bits per heavy atom. The van der Waals surface area contributed by atoms with Gasteiger partial charge in [-0.3, -0.25) is 9.59 Å². The Morgan fingerprint density at radius 1 is 1.26 bits per heavy atom. The van der Waals surface area contributed by atoms with Crippen LogP contribution in [0.25, 0.3) is 0 Å². The van der Waals surface area contributed by atoms with Crippen molar-refractivity contribution in [3.63, 3.8) is 0 Å².